The minimum Gasteiger partial charge on any atom is -0.343 e. The van der Waals surface area contributed by atoms with Gasteiger partial charge in [-0.25, -0.2) is 0 Å². The average Bonchev–Trinajstić information content (AvgIpc) is 2.46. The highest BCUT2D eigenvalue weighted by molar-refractivity contribution is 5.94. The van der Waals surface area contributed by atoms with Crippen molar-refractivity contribution in [1.29, 1.82) is 0 Å². The summed E-state index contributed by atoms with van der Waals surface area (Å²) in [5.41, 5.74) is 0.555. The van der Waals surface area contributed by atoms with Crippen molar-refractivity contribution in [2.75, 3.05) is 6.54 Å². The average molecular weight is 207 g/mol. The van der Waals surface area contributed by atoms with Crippen molar-refractivity contribution in [1.82, 2.24) is 15.5 Å². The van der Waals surface area contributed by atoms with Crippen LogP contribution in [0, 0.1) is 6.92 Å². The third-order valence-electron chi connectivity index (χ3n) is 1.52. The van der Waals surface area contributed by atoms with Gasteiger partial charge in [-0.1, -0.05) is 0 Å². The maximum Gasteiger partial charge on any atom is 0.405 e. The second-order valence-corrected chi connectivity index (χ2v) is 2.71. The van der Waals surface area contributed by atoms with Crippen LogP contribution < -0.4 is 5.32 Å². The normalized spacial score (nSPS) is 11.4. The maximum atomic E-state index is 11.7. The number of halogens is 3. The molecule has 1 heterocycles. The fourth-order valence-electron chi connectivity index (χ4n) is 0.855. The lowest BCUT2D eigenvalue weighted by Gasteiger charge is -2.07. The Kier molecular flexibility index (Phi) is 2.78. The first kappa shape index (κ1) is 10.6. The van der Waals surface area contributed by atoms with Gasteiger partial charge in [0.15, 0.2) is 0 Å². The molecule has 78 valence electrons. The number of rotatable bonds is 2. The van der Waals surface area contributed by atoms with E-state index >= 15 is 0 Å². The summed E-state index contributed by atoms with van der Waals surface area (Å²) in [4.78, 5) is 11.1. The van der Waals surface area contributed by atoms with Crippen LogP contribution in [0.25, 0.3) is 0 Å². The smallest absolute Gasteiger partial charge is 0.343 e. The molecule has 14 heavy (non-hydrogen) atoms. The quantitative estimate of drug-likeness (QED) is 0.760. The Morgan fingerprint density at radius 3 is 2.71 bits per heavy atom. The summed E-state index contributed by atoms with van der Waals surface area (Å²) in [7, 11) is 0. The second kappa shape index (κ2) is 3.69. The van der Waals surface area contributed by atoms with Crippen molar-refractivity contribution < 1.29 is 18.0 Å². The van der Waals surface area contributed by atoms with Gasteiger partial charge in [0, 0.05) is 5.69 Å². The third-order valence-corrected chi connectivity index (χ3v) is 1.52. The van der Waals surface area contributed by atoms with E-state index in [-0.39, 0.29) is 5.56 Å². The molecule has 4 nitrogen and oxygen atoms in total. The van der Waals surface area contributed by atoms with E-state index in [1.54, 1.807) is 12.2 Å². The molecule has 0 spiro atoms. The van der Waals surface area contributed by atoms with E-state index in [1.165, 1.54) is 6.20 Å². The fraction of sp³-hybridized carbons (Fsp3) is 0.429. The molecule has 0 radical (unpaired) electrons. The molecule has 0 saturated heterocycles. The first-order valence-corrected chi connectivity index (χ1v) is 3.75. The summed E-state index contributed by atoms with van der Waals surface area (Å²) in [6.07, 6.45) is -3.21. The largest absolute Gasteiger partial charge is 0.405 e. The van der Waals surface area contributed by atoms with Crippen molar-refractivity contribution in [3.63, 3.8) is 0 Å². The van der Waals surface area contributed by atoms with Gasteiger partial charge < -0.3 is 5.32 Å². The lowest BCUT2D eigenvalue weighted by atomic mass is 10.2. The van der Waals surface area contributed by atoms with Crippen LogP contribution in [0.4, 0.5) is 13.2 Å². The Morgan fingerprint density at radius 1 is 1.64 bits per heavy atom. The van der Waals surface area contributed by atoms with Crippen LogP contribution in [-0.4, -0.2) is 28.8 Å². The Hall–Kier alpha value is -1.53. The summed E-state index contributed by atoms with van der Waals surface area (Å²) in [6, 6.07) is 0. The lowest BCUT2D eigenvalue weighted by molar-refractivity contribution is -0.123. The van der Waals surface area contributed by atoms with Crippen LogP contribution >= 0.6 is 0 Å². The van der Waals surface area contributed by atoms with E-state index in [4.69, 9.17) is 0 Å². The minimum atomic E-state index is -4.40. The number of nitrogens with one attached hydrogen (secondary N) is 2. The predicted molar refractivity (Wildman–Crippen MR) is 41.7 cm³/mol. The molecule has 0 fully saturated rings. The Labute approximate surface area is 77.5 Å². The number of carbonyl (C=O) groups is 1. The van der Waals surface area contributed by atoms with Crippen LogP contribution in [0.15, 0.2) is 6.20 Å². The molecule has 7 heteroatoms. The van der Waals surface area contributed by atoms with E-state index in [2.05, 4.69) is 10.2 Å². The molecule has 0 saturated carbocycles. The molecule has 0 aliphatic heterocycles. The summed E-state index contributed by atoms with van der Waals surface area (Å²) in [5, 5.41) is 7.72. The van der Waals surface area contributed by atoms with Gasteiger partial charge in [0.1, 0.15) is 6.54 Å². The third kappa shape index (κ3) is 2.75. The Morgan fingerprint density at radius 2 is 2.29 bits per heavy atom. The summed E-state index contributed by atoms with van der Waals surface area (Å²) in [5.74, 6) is -0.784. The topological polar surface area (TPSA) is 57.8 Å². The number of amides is 1. The Bertz CT molecular complexity index is 331. The summed E-state index contributed by atoms with van der Waals surface area (Å²) in [6.45, 7) is 0.214. The number of alkyl halides is 3. The highest BCUT2D eigenvalue weighted by Gasteiger charge is 2.28. The molecule has 1 aromatic rings. The van der Waals surface area contributed by atoms with Crippen LogP contribution in [0.2, 0.25) is 0 Å². The SMILES string of the molecule is Cc1[nH]ncc1C(=O)NCC(F)(F)F. The molecule has 0 atom stereocenters. The van der Waals surface area contributed by atoms with E-state index in [0.29, 0.717) is 5.69 Å². The predicted octanol–water partition coefficient (Wildman–Crippen LogP) is 1.01. The minimum absolute atomic E-state index is 0.120. The van der Waals surface area contributed by atoms with Crippen LogP contribution in [0.1, 0.15) is 16.1 Å². The number of nitrogens with zero attached hydrogens (tertiary/aromatic N) is 1. The van der Waals surface area contributed by atoms with Gasteiger partial charge in [-0.2, -0.15) is 18.3 Å². The zero-order valence-electron chi connectivity index (χ0n) is 7.27. The lowest BCUT2D eigenvalue weighted by Crippen LogP contribution is -2.33. The highest BCUT2D eigenvalue weighted by Crippen LogP contribution is 2.12. The fourth-order valence-corrected chi connectivity index (χ4v) is 0.855. The zero-order valence-corrected chi connectivity index (χ0v) is 7.27. The number of aromatic amines is 1. The van der Waals surface area contributed by atoms with Crippen molar-refractivity contribution in [3.05, 3.63) is 17.5 Å². The number of H-pyrrole nitrogens is 1. The molecule has 0 unspecified atom stereocenters. The maximum absolute atomic E-state index is 11.7. The number of aromatic nitrogens is 2. The zero-order chi connectivity index (χ0) is 10.8. The van der Waals surface area contributed by atoms with Gasteiger partial charge in [-0.15, -0.1) is 0 Å². The highest BCUT2D eigenvalue weighted by atomic mass is 19.4. The summed E-state index contributed by atoms with van der Waals surface area (Å²) < 4.78 is 35.2. The first-order chi connectivity index (χ1) is 6.40. The van der Waals surface area contributed by atoms with E-state index in [0.717, 1.165) is 0 Å². The van der Waals surface area contributed by atoms with Crippen molar-refractivity contribution in [2.45, 2.75) is 13.1 Å². The van der Waals surface area contributed by atoms with Gasteiger partial charge in [-0.3, -0.25) is 9.89 Å². The molecule has 0 aliphatic rings. The van der Waals surface area contributed by atoms with E-state index in [9.17, 15) is 18.0 Å². The number of aryl methyl sites for hydroxylation is 1. The molecular weight excluding hydrogens is 199 g/mol. The number of hydrogen-bond acceptors (Lipinski definition) is 2. The van der Waals surface area contributed by atoms with Gasteiger partial charge in [0.25, 0.3) is 5.91 Å². The van der Waals surface area contributed by atoms with Gasteiger partial charge in [0.2, 0.25) is 0 Å². The van der Waals surface area contributed by atoms with E-state index in [1.807, 2.05) is 0 Å². The monoisotopic (exact) mass is 207 g/mol. The molecule has 0 bridgehead atoms. The van der Waals surface area contributed by atoms with Crippen molar-refractivity contribution >= 4 is 5.91 Å². The van der Waals surface area contributed by atoms with Crippen LogP contribution in [0.5, 0.6) is 0 Å². The second-order valence-electron chi connectivity index (χ2n) is 2.71. The number of carbonyl (C=O) groups excluding carboxylic acids is 1. The molecule has 0 aromatic carbocycles. The van der Waals surface area contributed by atoms with E-state index < -0.39 is 18.6 Å². The molecule has 1 rings (SSSR count). The van der Waals surface area contributed by atoms with Gasteiger partial charge in [0.05, 0.1) is 11.8 Å². The van der Waals surface area contributed by atoms with Gasteiger partial charge in [-0.05, 0) is 6.92 Å². The molecule has 1 aromatic heterocycles. The van der Waals surface area contributed by atoms with Crippen molar-refractivity contribution in [2.24, 2.45) is 0 Å². The van der Waals surface area contributed by atoms with Crippen LogP contribution in [0.3, 0.4) is 0 Å². The first-order valence-electron chi connectivity index (χ1n) is 3.75. The number of hydrogen-bond donors (Lipinski definition) is 2. The standard InChI is InChI=1S/C7H8F3N3O/c1-4-5(2-12-13-4)6(14)11-3-7(8,9)10/h2H,3H2,1H3,(H,11,14)(H,12,13). The van der Waals surface area contributed by atoms with Gasteiger partial charge >= 0.3 is 6.18 Å². The molecule has 0 aliphatic carbocycles. The van der Waals surface area contributed by atoms with Crippen LogP contribution in [-0.2, 0) is 0 Å². The molecule has 2 N–H and O–H groups in total. The molecule has 1 amide bonds. The van der Waals surface area contributed by atoms with Crippen molar-refractivity contribution in [3.8, 4) is 0 Å². The molecular formula is C7H8F3N3O. The Balaban J connectivity index is 2.56. The summed E-state index contributed by atoms with van der Waals surface area (Å²) >= 11 is 0.